The Morgan fingerprint density at radius 2 is 1.28 bits per heavy atom. The summed E-state index contributed by atoms with van der Waals surface area (Å²) in [6.45, 7) is 0. The maximum Gasteiger partial charge on any atom is 0.113 e. The van der Waals surface area contributed by atoms with Gasteiger partial charge < -0.3 is 4.90 Å². The highest BCUT2D eigenvalue weighted by Gasteiger charge is 2.15. The molecule has 0 N–H and O–H groups in total. The van der Waals surface area contributed by atoms with E-state index in [1.807, 2.05) is 41.7 Å². The molecule has 7 rings (SSSR count). The van der Waals surface area contributed by atoms with Crippen molar-refractivity contribution >= 4 is 75.5 Å². The summed E-state index contributed by atoms with van der Waals surface area (Å²) in [5.74, 6) is 0. The van der Waals surface area contributed by atoms with Crippen LogP contribution in [0.15, 0.2) is 120 Å². The minimum atomic E-state index is 0.885. The van der Waals surface area contributed by atoms with Gasteiger partial charge in [0.15, 0.2) is 0 Å². The van der Waals surface area contributed by atoms with Crippen LogP contribution >= 0.6 is 27.3 Å². The molecular formula is C30H19BrN4S. The van der Waals surface area contributed by atoms with Crippen LogP contribution in [0.3, 0.4) is 0 Å². The third kappa shape index (κ3) is 3.58. The standard InChI is InChI=1S/C30H19BrN4S/c31-26-10-6-9-24-25-19-23(17-18-29(25)36-30(24)26)34(20-7-2-1-3-8-20)21-13-15-22(16-14-21)35-32-27-11-4-5-12-28(27)33-35/h1-19H. The van der Waals surface area contributed by atoms with Gasteiger partial charge in [-0.15, -0.1) is 21.5 Å². The van der Waals surface area contributed by atoms with Crippen molar-refractivity contribution in [3.8, 4) is 5.69 Å². The second-order valence-electron chi connectivity index (χ2n) is 8.56. The van der Waals surface area contributed by atoms with Crippen molar-refractivity contribution in [2.24, 2.45) is 0 Å². The van der Waals surface area contributed by atoms with Gasteiger partial charge in [-0.25, -0.2) is 0 Å². The number of hydrogen-bond donors (Lipinski definition) is 0. The Bertz CT molecular complexity index is 1820. The number of fused-ring (bicyclic) bond motifs is 4. The van der Waals surface area contributed by atoms with E-state index in [2.05, 4.69) is 116 Å². The molecule has 2 heterocycles. The summed E-state index contributed by atoms with van der Waals surface area (Å²) in [5.41, 5.74) is 5.98. The summed E-state index contributed by atoms with van der Waals surface area (Å²) in [6, 6.07) is 39.9. The lowest BCUT2D eigenvalue weighted by molar-refractivity contribution is 0.766. The molecule has 0 fully saturated rings. The molecule has 6 heteroatoms. The van der Waals surface area contributed by atoms with Crippen LogP contribution in [0.5, 0.6) is 0 Å². The van der Waals surface area contributed by atoms with Crippen LogP contribution < -0.4 is 4.90 Å². The van der Waals surface area contributed by atoms with Crippen LogP contribution in [0.25, 0.3) is 36.9 Å². The Labute approximate surface area is 220 Å². The van der Waals surface area contributed by atoms with Crippen LogP contribution in [0.2, 0.25) is 0 Å². The molecule has 0 aliphatic carbocycles. The molecule has 0 aliphatic heterocycles. The molecule has 0 saturated carbocycles. The fourth-order valence-corrected chi connectivity index (χ4v) is 6.32. The van der Waals surface area contributed by atoms with Gasteiger partial charge in [0, 0.05) is 41.7 Å². The minimum absolute atomic E-state index is 0.885. The van der Waals surface area contributed by atoms with E-state index in [0.717, 1.165) is 38.3 Å². The van der Waals surface area contributed by atoms with Gasteiger partial charge in [-0.3, -0.25) is 0 Å². The van der Waals surface area contributed by atoms with Gasteiger partial charge in [0.25, 0.3) is 0 Å². The first-order valence-corrected chi connectivity index (χ1v) is 13.2. The molecule has 0 amide bonds. The number of anilines is 3. The average molecular weight is 547 g/mol. The Morgan fingerprint density at radius 3 is 2.03 bits per heavy atom. The molecule has 0 radical (unpaired) electrons. The van der Waals surface area contributed by atoms with E-state index in [-0.39, 0.29) is 0 Å². The molecule has 7 aromatic rings. The Balaban J connectivity index is 1.35. The third-order valence-electron chi connectivity index (χ3n) is 6.33. The van der Waals surface area contributed by atoms with Gasteiger partial charge >= 0.3 is 0 Å². The first-order valence-electron chi connectivity index (χ1n) is 11.6. The Kier molecular flexibility index (Phi) is 5.08. The van der Waals surface area contributed by atoms with E-state index in [0.29, 0.717) is 0 Å². The maximum atomic E-state index is 4.63. The maximum absolute atomic E-state index is 4.63. The number of hydrogen-bond acceptors (Lipinski definition) is 4. The molecule has 5 aromatic carbocycles. The molecule has 0 atom stereocenters. The van der Waals surface area contributed by atoms with E-state index in [9.17, 15) is 0 Å². The topological polar surface area (TPSA) is 34.0 Å². The molecule has 0 unspecified atom stereocenters. The quantitative estimate of drug-likeness (QED) is 0.221. The number of halogens is 1. The van der Waals surface area contributed by atoms with E-state index in [1.54, 1.807) is 4.80 Å². The highest BCUT2D eigenvalue weighted by atomic mass is 79.9. The zero-order valence-corrected chi connectivity index (χ0v) is 21.4. The highest BCUT2D eigenvalue weighted by Crippen LogP contribution is 2.42. The second-order valence-corrected chi connectivity index (χ2v) is 10.5. The first kappa shape index (κ1) is 21.3. The largest absolute Gasteiger partial charge is 0.310 e. The number of nitrogens with zero attached hydrogens (tertiary/aromatic N) is 4. The van der Waals surface area contributed by atoms with Crippen molar-refractivity contribution in [2.45, 2.75) is 0 Å². The van der Waals surface area contributed by atoms with Crippen LogP contribution in [0.4, 0.5) is 17.1 Å². The van der Waals surface area contributed by atoms with E-state index >= 15 is 0 Å². The van der Waals surface area contributed by atoms with Crippen molar-refractivity contribution in [1.29, 1.82) is 0 Å². The number of rotatable bonds is 4. The zero-order chi connectivity index (χ0) is 24.1. The predicted molar refractivity (Wildman–Crippen MR) is 154 cm³/mol. The monoisotopic (exact) mass is 546 g/mol. The minimum Gasteiger partial charge on any atom is -0.310 e. The molecule has 172 valence electrons. The Hall–Kier alpha value is -4.00. The molecule has 2 aromatic heterocycles. The van der Waals surface area contributed by atoms with E-state index in [1.165, 1.54) is 20.2 Å². The van der Waals surface area contributed by atoms with E-state index < -0.39 is 0 Å². The lowest BCUT2D eigenvalue weighted by Gasteiger charge is -2.25. The van der Waals surface area contributed by atoms with Crippen molar-refractivity contribution in [2.75, 3.05) is 4.90 Å². The normalized spacial score (nSPS) is 11.5. The molecular weight excluding hydrogens is 528 g/mol. The van der Waals surface area contributed by atoms with Crippen molar-refractivity contribution in [3.63, 3.8) is 0 Å². The molecule has 4 nitrogen and oxygen atoms in total. The van der Waals surface area contributed by atoms with Gasteiger partial charge in [-0.2, -0.15) is 4.80 Å². The molecule has 36 heavy (non-hydrogen) atoms. The molecule has 0 bridgehead atoms. The Morgan fingerprint density at radius 1 is 0.611 bits per heavy atom. The number of aromatic nitrogens is 3. The summed E-state index contributed by atoms with van der Waals surface area (Å²) in [5, 5.41) is 11.8. The van der Waals surface area contributed by atoms with E-state index in [4.69, 9.17) is 0 Å². The molecule has 0 spiro atoms. The highest BCUT2D eigenvalue weighted by molar-refractivity contribution is 9.10. The van der Waals surface area contributed by atoms with Crippen LogP contribution in [0.1, 0.15) is 0 Å². The fraction of sp³-hybridized carbons (Fsp3) is 0. The summed E-state index contributed by atoms with van der Waals surface area (Å²) >= 11 is 5.54. The van der Waals surface area contributed by atoms with Crippen LogP contribution in [0, 0.1) is 0 Å². The fourth-order valence-electron chi connectivity index (χ4n) is 4.63. The summed E-state index contributed by atoms with van der Waals surface area (Å²) in [7, 11) is 0. The average Bonchev–Trinajstić information content (AvgIpc) is 3.52. The predicted octanol–water partition coefficient (Wildman–Crippen LogP) is 9.02. The van der Waals surface area contributed by atoms with Crippen LogP contribution in [-0.4, -0.2) is 15.0 Å². The van der Waals surface area contributed by atoms with Gasteiger partial charge in [0.1, 0.15) is 11.0 Å². The zero-order valence-electron chi connectivity index (χ0n) is 19.0. The summed E-state index contributed by atoms with van der Waals surface area (Å²) < 4.78 is 3.69. The number of thiophene rings is 1. The lowest BCUT2D eigenvalue weighted by Crippen LogP contribution is -2.10. The number of benzene rings is 5. The SMILES string of the molecule is Brc1cccc2c1sc1ccc(N(c3ccccc3)c3ccc(-n4nc5ccccc5n4)cc3)cc12. The number of para-hydroxylation sites is 1. The third-order valence-corrected chi connectivity index (χ3v) is 8.47. The van der Waals surface area contributed by atoms with Crippen molar-refractivity contribution in [1.82, 2.24) is 15.0 Å². The lowest BCUT2D eigenvalue weighted by atomic mass is 10.1. The first-order chi connectivity index (χ1) is 17.7. The summed E-state index contributed by atoms with van der Waals surface area (Å²) in [4.78, 5) is 3.99. The van der Waals surface area contributed by atoms with Crippen molar-refractivity contribution < 1.29 is 0 Å². The smallest absolute Gasteiger partial charge is 0.113 e. The van der Waals surface area contributed by atoms with Crippen LogP contribution in [-0.2, 0) is 0 Å². The van der Waals surface area contributed by atoms with Gasteiger partial charge in [-0.05, 0) is 88.7 Å². The van der Waals surface area contributed by atoms with Crippen molar-refractivity contribution in [3.05, 3.63) is 120 Å². The molecule has 0 aliphatic rings. The van der Waals surface area contributed by atoms with Gasteiger partial charge in [0.2, 0.25) is 0 Å². The second kappa shape index (κ2) is 8.59. The van der Waals surface area contributed by atoms with Gasteiger partial charge in [-0.1, -0.05) is 42.5 Å². The molecule has 0 saturated heterocycles. The summed E-state index contributed by atoms with van der Waals surface area (Å²) in [6.07, 6.45) is 0. The van der Waals surface area contributed by atoms with Gasteiger partial charge in [0.05, 0.1) is 5.69 Å².